The minimum Gasteiger partial charge on any atom is -0.550 e. The Bertz CT molecular complexity index is 1200. The maximum absolute atomic E-state index is 14.4. The summed E-state index contributed by atoms with van der Waals surface area (Å²) in [7, 11) is 0. The van der Waals surface area contributed by atoms with Gasteiger partial charge in [0.2, 0.25) is 0 Å². The van der Waals surface area contributed by atoms with Crippen molar-refractivity contribution >= 4 is 23.7 Å². The number of hydrogen-bond acceptors (Lipinski definition) is 7. The number of allylic oxidation sites excluding steroid dienone is 2. The number of ketones is 1. The molecule has 0 N–H and O–H groups in total. The van der Waals surface area contributed by atoms with E-state index in [1.54, 1.807) is 0 Å². The average Bonchev–Trinajstić information content (AvgIpc) is 2.86. The van der Waals surface area contributed by atoms with E-state index in [9.17, 15) is 29.4 Å². The molecule has 228 valence electrons. The number of aliphatic carboxylic acids is 2. The molecule has 0 aromatic carbocycles. The number of esters is 1. The summed E-state index contributed by atoms with van der Waals surface area (Å²) < 4.78 is 5.87. The van der Waals surface area contributed by atoms with E-state index in [1.807, 2.05) is 13.0 Å². The highest BCUT2D eigenvalue weighted by Gasteiger charge is 2.70. The van der Waals surface area contributed by atoms with Crippen LogP contribution in [0.4, 0.5) is 0 Å². The average molecular weight is 569 g/mol. The van der Waals surface area contributed by atoms with E-state index in [1.165, 1.54) is 5.57 Å². The summed E-state index contributed by atoms with van der Waals surface area (Å²) in [5, 5.41) is 23.1. The van der Waals surface area contributed by atoms with Crippen LogP contribution in [0.15, 0.2) is 11.6 Å². The Kier molecular flexibility index (Phi) is 6.95. The van der Waals surface area contributed by atoms with Gasteiger partial charge in [0.05, 0.1) is 6.42 Å². The summed E-state index contributed by atoms with van der Waals surface area (Å²) in [5.41, 5.74) is -0.823. The van der Waals surface area contributed by atoms with Gasteiger partial charge >= 0.3 is 5.97 Å². The van der Waals surface area contributed by atoms with E-state index in [4.69, 9.17) is 4.74 Å². The van der Waals surface area contributed by atoms with Gasteiger partial charge in [-0.15, -0.1) is 0 Å². The molecule has 5 rings (SSSR count). The van der Waals surface area contributed by atoms with Gasteiger partial charge in [-0.05, 0) is 104 Å². The van der Waals surface area contributed by atoms with Crippen molar-refractivity contribution in [1.29, 1.82) is 0 Å². The second-order valence-corrected chi connectivity index (χ2v) is 16.3. The van der Waals surface area contributed by atoms with Crippen LogP contribution in [0.5, 0.6) is 0 Å². The maximum Gasteiger partial charge on any atom is 0.306 e. The van der Waals surface area contributed by atoms with Crippen LogP contribution in [-0.4, -0.2) is 29.8 Å². The second-order valence-electron chi connectivity index (χ2n) is 16.3. The number of fused-ring (bicyclic) bond motifs is 7. The van der Waals surface area contributed by atoms with Crippen LogP contribution in [0.2, 0.25) is 0 Å². The third kappa shape index (κ3) is 4.25. The van der Waals surface area contributed by atoms with Gasteiger partial charge in [-0.25, -0.2) is 0 Å². The number of ether oxygens (including phenoxy) is 1. The molecule has 7 nitrogen and oxygen atoms in total. The van der Waals surface area contributed by atoms with Gasteiger partial charge in [0.25, 0.3) is 0 Å². The van der Waals surface area contributed by atoms with E-state index in [2.05, 4.69) is 41.5 Å². The zero-order valence-electron chi connectivity index (χ0n) is 26.0. The first kappa shape index (κ1) is 30.3. The minimum atomic E-state index is -1.26. The van der Waals surface area contributed by atoms with Gasteiger partial charge in [0.1, 0.15) is 6.10 Å². The summed E-state index contributed by atoms with van der Waals surface area (Å²) in [4.78, 5) is 50.0. The van der Waals surface area contributed by atoms with Crippen molar-refractivity contribution in [3.05, 3.63) is 11.6 Å². The largest absolute Gasteiger partial charge is 0.550 e. The molecule has 0 saturated heterocycles. The van der Waals surface area contributed by atoms with Crippen molar-refractivity contribution in [3.63, 3.8) is 0 Å². The van der Waals surface area contributed by atoms with Crippen LogP contribution in [-0.2, 0) is 23.9 Å². The highest BCUT2D eigenvalue weighted by molar-refractivity contribution is 5.95. The predicted octanol–water partition coefficient (Wildman–Crippen LogP) is 4.16. The molecule has 0 bridgehead atoms. The lowest BCUT2D eigenvalue weighted by Gasteiger charge is -2.70. The van der Waals surface area contributed by atoms with Crippen LogP contribution < -0.4 is 10.2 Å². The van der Waals surface area contributed by atoms with E-state index in [0.29, 0.717) is 19.3 Å². The number of rotatable bonds is 5. The highest BCUT2D eigenvalue weighted by Crippen LogP contribution is 2.75. The molecule has 0 radical (unpaired) electrons. The molecule has 4 saturated carbocycles. The Hall–Kier alpha value is -2.18. The lowest BCUT2D eigenvalue weighted by atomic mass is 9.33. The molecule has 9 atom stereocenters. The first-order chi connectivity index (χ1) is 18.8. The Balaban J connectivity index is 1.49. The van der Waals surface area contributed by atoms with Crippen molar-refractivity contribution < 1.29 is 34.1 Å². The van der Waals surface area contributed by atoms with Crippen LogP contribution in [0.3, 0.4) is 0 Å². The molecule has 41 heavy (non-hydrogen) atoms. The normalized spacial score (nSPS) is 46.6. The molecule has 0 aromatic heterocycles. The van der Waals surface area contributed by atoms with Crippen LogP contribution in [0.1, 0.15) is 119 Å². The molecule has 0 aromatic rings. The van der Waals surface area contributed by atoms with Gasteiger partial charge < -0.3 is 24.5 Å². The first-order valence-corrected chi connectivity index (χ1v) is 15.7. The Morgan fingerprint density at radius 2 is 1.54 bits per heavy atom. The van der Waals surface area contributed by atoms with Crippen LogP contribution in [0.25, 0.3) is 0 Å². The topological polar surface area (TPSA) is 124 Å². The first-order valence-electron chi connectivity index (χ1n) is 15.7. The number of hydrogen-bond donors (Lipinski definition) is 0. The van der Waals surface area contributed by atoms with Crippen molar-refractivity contribution in [1.82, 2.24) is 0 Å². The lowest BCUT2D eigenvalue weighted by Crippen LogP contribution is -2.67. The fourth-order valence-electron chi connectivity index (χ4n) is 11.0. The van der Waals surface area contributed by atoms with Crippen molar-refractivity contribution in [2.75, 3.05) is 0 Å². The fourth-order valence-corrected chi connectivity index (χ4v) is 11.0. The van der Waals surface area contributed by atoms with Crippen molar-refractivity contribution in [2.45, 2.75) is 125 Å². The number of carboxylic acid groups (broad SMARTS) is 2. The number of carbonyl (C=O) groups is 4. The molecule has 4 fully saturated rings. The molecule has 0 amide bonds. The molecule has 5 aliphatic rings. The van der Waals surface area contributed by atoms with Crippen LogP contribution >= 0.6 is 0 Å². The van der Waals surface area contributed by atoms with Gasteiger partial charge in [-0.1, -0.05) is 54.0 Å². The molecule has 0 heterocycles. The zero-order chi connectivity index (χ0) is 30.4. The monoisotopic (exact) mass is 568 g/mol. The summed E-state index contributed by atoms with van der Waals surface area (Å²) in [6, 6.07) is 0. The predicted molar refractivity (Wildman–Crippen MR) is 149 cm³/mol. The van der Waals surface area contributed by atoms with Gasteiger partial charge in [-0.2, -0.15) is 0 Å². The van der Waals surface area contributed by atoms with Crippen LogP contribution in [0, 0.1) is 50.2 Å². The minimum absolute atomic E-state index is 0.00842. The summed E-state index contributed by atoms with van der Waals surface area (Å²) in [6.07, 6.45) is 8.26. The highest BCUT2D eigenvalue weighted by atomic mass is 16.5. The summed E-state index contributed by atoms with van der Waals surface area (Å²) in [5.74, 6) is -2.53. The molecule has 2 unspecified atom stereocenters. The zero-order valence-corrected chi connectivity index (χ0v) is 26.0. The summed E-state index contributed by atoms with van der Waals surface area (Å²) >= 11 is 0. The van der Waals surface area contributed by atoms with E-state index < -0.39 is 23.3 Å². The van der Waals surface area contributed by atoms with Gasteiger partial charge in [0, 0.05) is 28.7 Å². The summed E-state index contributed by atoms with van der Waals surface area (Å²) in [6.45, 7) is 15.3. The Morgan fingerprint density at radius 3 is 2.17 bits per heavy atom. The van der Waals surface area contributed by atoms with E-state index in [0.717, 1.165) is 38.5 Å². The Labute approximate surface area is 244 Å². The molecule has 7 heteroatoms. The van der Waals surface area contributed by atoms with Gasteiger partial charge in [-0.3, -0.25) is 9.59 Å². The van der Waals surface area contributed by atoms with Crippen molar-refractivity contribution in [3.8, 4) is 0 Å². The molecular formula is C34H48O7-2. The second kappa shape index (κ2) is 9.41. The Morgan fingerprint density at radius 1 is 0.878 bits per heavy atom. The SMILES string of the molecule is CC1(C(=O)[O-])CC[C@]2(C)CC[C@]3(C)C(=CC(=O)[C@@H]4[C@@]5(C)CC[C@H](OC(=O)CCC(=O)[O-])C(C)(C)C5CC[C@]43C)[C@@H]2C1. The third-order valence-corrected chi connectivity index (χ3v) is 13.8. The fraction of sp³-hybridized carbons (Fsp3) is 0.824. The number of carboxylic acids is 2. The van der Waals surface area contributed by atoms with Gasteiger partial charge in [0.15, 0.2) is 5.78 Å². The van der Waals surface area contributed by atoms with E-state index in [-0.39, 0.29) is 69.6 Å². The maximum atomic E-state index is 14.4. The molecule has 5 aliphatic carbocycles. The number of carbonyl (C=O) groups excluding carboxylic acids is 4. The molecule has 0 spiro atoms. The smallest absolute Gasteiger partial charge is 0.306 e. The molecular weight excluding hydrogens is 520 g/mol. The van der Waals surface area contributed by atoms with Crippen molar-refractivity contribution in [2.24, 2.45) is 50.2 Å². The lowest BCUT2D eigenvalue weighted by molar-refractivity contribution is -0.321. The standard InChI is InChI=1S/C34H50O7/c1-29(2)23-10-13-34(7)27(32(23,5)12-11-24(29)41-26(38)9-8-25(36)37)22(35)18-20-21-19-31(4,28(39)40)15-14-30(21,3)16-17-33(20,34)6/h18,21,23-24,27H,8-17,19H2,1-7H3,(H,36,37)(H,39,40)/p-2/t21-,23?,24-,27+,30+,31?,32-,33+,34+/m0/s1. The third-order valence-electron chi connectivity index (χ3n) is 13.8. The van der Waals surface area contributed by atoms with E-state index >= 15 is 0 Å². The molecule has 0 aliphatic heterocycles. The quantitative estimate of drug-likeness (QED) is 0.456.